The van der Waals surface area contributed by atoms with E-state index in [2.05, 4.69) is 5.32 Å². The second-order valence-corrected chi connectivity index (χ2v) is 6.56. The van der Waals surface area contributed by atoms with E-state index in [-0.39, 0.29) is 31.1 Å². The van der Waals surface area contributed by atoms with Crippen LogP contribution in [-0.4, -0.2) is 53.7 Å². The van der Waals surface area contributed by atoms with Crippen molar-refractivity contribution in [3.8, 4) is 0 Å². The smallest absolute Gasteiger partial charge is 0.251 e. The van der Waals surface area contributed by atoms with Gasteiger partial charge in [-0.25, -0.2) is 0 Å². The number of hydrogen-bond donors (Lipinski definition) is 2. The summed E-state index contributed by atoms with van der Waals surface area (Å²) < 4.78 is 5.63. The van der Waals surface area contributed by atoms with Crippen LogP contribution in [0.15, 0.2) is 30.3 Å². The maximum absolute atomic E-state index is 12.7. The first-order valence-corrected chi connectivity index (χ1v) is 8.92. The highest BCUT2D eigenvalue weighted by molar-refractivity contribution is 5.86. The molecule has 138 valence electrons. The van der Waals surface area contributed by atoms with Crippen molar-refractivity contribution >= 4 is 11.8 Å². The first-order valence-electron chi connectivity index (χ1n) is 8.92. The number of carbonyl (C=O) groups is 2. The molecule has 0 bridgehead atoms. The molecule has 6 nitrogen and oxygen atoms in total. The minimum atomic E-state index is -0.722. The molecule has 1 aliphatic heterocycles. The van der Waals surface area contributed by atoms with Gasteiger partial charge in [0.25, 0.3) is 5.91 Å². The molecular weight excluding hydrogens is 320 g/mol. The number of hydrogen-bond acceptors (Lipinski definition) is 4. The van der Waals surface area contributed by atoms with Crippen molar-refractivity contribution in [2.75, 3.05) is 19.8 Å². The molecule has 0 radical (unpaired) electrons. The third kappa shape index (κ3) is 5.03. The second-order valence-electron chi connectivity index (χ2n) is 6.56. The molecule has 25 heavy (non-hydrogen) atoms. The summed E-state index contributed by atoms with van der Waals surface area (Å²) in [7, 11) is 0. The van der Waals surface area contributed by atoms with Crippen LogP contribution in [0, 0.1) is 0 Å². The average Bonchev–Trinajstić information content (AvgIpc) is 2.61. The lowest BCUT2D eigenvalue weighted by Crippen LogP contribution is -2.56. The van der Waals surface area contributed by atoms with Gasteiger partial charge < -0.3 is 20.1 Å². The summed E-state index contributed by atoms with van der Waals surface area (Å²) in [6, 6.07) is 9.09. The highest BCUT2D eigenvalue weighted by Crippen LogP contribution is 2.32. The summed E-state index contributed by atoms with van der Waals surface area (Å²) in [6.07, 6.45) is 1.68. The van der Waals surface area contributed by atoms with Gasteiger partial charge in [0.15, 0.2) is 6.10 Å². The first kappa shape index (κ1) is 19.4. The van der Waals surface area contributed by atoms with Crippen LogP contribution >= 0.6 is 0 Å². The number of rotatable bonds is 8. The largest absolute Gasteiger partial charge is 0.396 e. The number of benzene rings is 1. The van der Waals surface area contributed by atoms with Crippen LogP contribution in [0.1, 0.15) is 44.7 Å². The van der Waals surface area contributed by atoms with Gasteiger partial charge in [0.2, 0.25) is 5.91 Å². The van der Waals surface area contributed by atoms with Gasteiger partial charge in [-0.05, 0) is 38.7 Å². The van der Waals surface area contributed by atoms with Crippen LogP contribution in [0.3, 0.4) is 0 Å². The predicted molar refractivity (Wildman–Crippen MR) is 94.9 cm³/mol. The Labute approximate surface area is 149 Å². The molecule has 0 saturated carbocycles. The Bertz CT molecular complexity index is 562. The van der Waals surface area contributed by atoms with Gasteiger partial charge in [0.1, 0.15) is 6.61 Å². The monoisotopic (exact) mass is 348 g/mol. The van der Waals surface area contributed by atoms with Crippen molar-refractivity contribution < 1.29 is 19.4 Å². The zero-order chi connectivity index (χ0) is 18.2. The van der Waals surface area contributed by atoms with Crippen LogP contribution in [0.5, 0.6) is 0 Å². The van der Waals surface area contributed by atoms with Gasteiger partial charge in [0.05, 0.1) is 6.04 Å². The van der Waals surface area contributed by atoms with Crippen molar-refractivity contribution in [1.82, 2.24) is 10.2 Å². The van der Waals surface area contributed by atoms with E-state index in [1.54, 1.807) is 4.90 Å². The minimum Gasteiger partial charge on any atom is -0.396 e. The molecule has 1 heterocycles. The second kappa shape index (κ2) is 9.53. The van der Waals surface area contributed by atoms with Gasteiger partial charge in [-0.1, -0.05) is 30.3 Å². The number of ether oxygens (including phenoxy) is 1. The van der Waals surface area contributed by atoms with Gasteiger partial charge in [-0.3, -0.25) is 9.59 Å². The molecule has 2 atom stereocenters. The topological polar surface area (TPSA) is 78.9 Å². The number of morpholine rings is 1. The normalized spacial score (nSPS) is 20.8. The number of unbranched alkanes of at least 4 members (excludes halogenated alkanes) is 2. The molecule has 1 aliphatic rings. The SMILES string of the molecule is CC(C)N1C(=O)CO[C@H](C(=O)NCCCCCO)[C@H]1c1ccccc1. The molecule has 1 aromatic rings. The van der Waals surface area contributed by atoms with Crippen LogP contribution in [-0.2, 0) is 14.3 Å². The molecule has 1 saturated heterocycles. The standard InChI is InChI=1S/C19H28N2O4/c1-14(2)21-16(23)13-25-18(17(21)15-9-5-3-6-10-15)19(24)20-11-7-4-8-12-22/h3,5-6,9-10,14,17-18,22H,4,7-8,11-13H2,1-2H3,(H,20,24)/t17-,18+/m1/s1. The Morgan fingerprint density at radius 3 is 2.64 bits per heavy atom. The van der Waals surface area contributed by atoms with Crippen LogP contribution in [0.25, 0.3) is 0 Å². The van der Waals surface area contributed by atoms with E-state index < -0.39 is 12.1 Å². The third-order valence-electron chi connectivity index (χ3n) is 4.35. The van der Waals surface area contributed by atoms with E-state index in [1.165, 1.54) is 0 Å². The Morgan fingerprint density at radius 2 is 2.00 bits per heavy atom. The van der Waals surface area contributed by atoms with Crippen molar-refractivity contribution in [3.05, 3.63) is 35.9 Å². The lowest BCUT2D eigenvalue weighted by atomic mass is 9.95. The van der Waals surface area contributed by atoms with Crippen molar-refractivity contribution in [3.63, 3.8) is 0 Å². The fourth-order valence-electron chi connectivity index (χ4n) is 3.17. The number of amides is 2. The predicted octanol–water partition coefficient (Wildman–Crippen LogP) is 1.64. The maximum Gasteiger partial charge on any atom is 0.251 e. The Balaban J connectivity index is 2.13. The van der Waals surface area contributed by atoms with E-state index in [1.807, 2.05) is 44.2 Å². The summed E-state index contributed by atoms with van der Waals surface area (Å²) >= 11 is 0. The summed E-state index contributed by atoms with van der Waals surface area (Å²) in [5, 5.41) is 11.7. The Kier molecular flexibility index (Phi) is 7.40. The van der Waals surface area contributed by atoms with Crippen LogP contribution in [0.4, 0.5) is 0 Å². The van der Waals surface area contributed by atoms with Gasteiger partial charge >= 0.3 is 0 Å². The number of carbonyl (C=O) groups excluding carboxylic acids is 2. The molecule has 0 spiro atoms. The van der Waals surface area contributed by atoms with Crippen LogP contribution in [0.2, 0.25) is 0 Å². The summed E-state index contributed by atoms with van der Waals surface area (Å²) in [5.74, 6) is -0.299. The van der Waals surface area contributed by atoms with Crippen molar-refractivity contribution in [2.24, 2.45) is 0 Å². The van der Waals surface area contributed by atoms with Gasteiger partial charge in [-0.15, -0.1) is 0 Å². The van der Waals surface area contributed by atoms with E-state index in [9.17, 15) is 9.59 Å². The van der Waals surface area contributed by atoms with E-state index in [0.717, 1.165) is 24.8 Å². The van der Waals surface area contributed by atoms with Crippen molar-refractivity contribution in [1.29, 1.82) is 0 Å². The van der Waals surface area contributed by atoms with E-state index in [0.29, 0.717) is 6.54 Å². The van der Waals surface area contributed by atoms with Crippen LogP contribution < -0.4 is 5.32 Å². The molecule has 1 fully saturated rings. The summed E-state index contributed by atoms with van der Waals surface area (Å²) in [5.41, 5.74) is 0.893. The molecule has 2 N–H and O–H groups in total. The van der Waals surface area contributed by atoms with Gasteiger partial charge in [0, 0.05) is 19.2 Å². The Hall–Kier alpha value is -1.92. The molecule has 0 aromatic heterocycles. The van der Waals surface area contributed by atoms with Crippen molar-refractivity contribution in [2.45, 2.75) is 51.3 Å². The summed E-state index contributed by atoms with van der Waals surface area (Å²) in [4.78, 5) is 26.8. The third-order valence-corrected chi connectivity index (χ3v) is 4.35. The fraction of sp³-hybridized carbons (Fsp3) is 0.579. The molecule has 1 aromatic carbocycles. The van der Waals surface area contributed by atoms with Gasteiger partial charge in [-0.2, -0.15) is 0 Å². The lowest BCUT2D eigenvalue weighted by Gasteiger charge is -2.42. The fourth-order valence-corrected chi connectivity index (χ4v) is 3.17. The highest BCUT2D eigenvalue weighted by atomic mass is 16.5. The lowest BCUT2D eigenvalue weighted by molar-refractivity contribution is -0.167. The quantitative estimate of drug-likeness (QED) is 0.700. The minimum absolute atomic E-state index is 0.0264. The molecular formula is C19H28N2O4. The molecule has 0 aliphatic carbocycles. The molecule has 2 rings (SSSR count). The number of nitrogens with zero attached hydrogens (tertiary/aromatic N) is 1. The number of nitrogens with one attached hydrogen (secondary N) is 1. The van der Waals surface area contributed by atoms with E-state index >= 15 is 0 Å². The average molecular weight is 348 g/mol. The zero-order valence-corrected chi connectivity index (χ0v) is 15.0. The van der Waals surface area contributed by atoms with E-state index in [4.69, 9.17) is 9.84 Å². The zero-order valence-electron chi connectivity index (χ0n) is 15.0. The number of aliphatic hydroxyl groups is 1. The molecule has 6 heteroatoms. The number of aliphatic hydroxyl groups excluding tert-OH is 1. The maximum atomic E-state index is 12.7. The molecule has 0 unspecified atom stereocenters. The first-order chi connectivity index (χ1) is 12.1. The highest BCUT2D eigenvalue weighted by Gasteiger charge is 2.42. The molecule has 2 amide bonds. The Morgan fingerprint density at radius 1 is 1.28 bits per heavy atom. The summed E-state index contributed by atoms with van der Waals surface area (Å²) in [6.45, 7) is 4.52.